The summed E-state index contributed by atoms with van der Waals surface area (Å²) < 4.78 is 6.36. The normalized spacial score (nSPS) is 12.0. The molecule has 0 aliphatic heterocycles. The van der Waals surface area contributed by atoms with Gasteiger partial charge in [0, 0.05) is 28.1 Å². The molecule has 0 aliphatic carbocycles. The van der Waals surface area contributed by atoms with E-state index in [9.17, 15) is 0 Å². The van der Waals surface area contributed by atoms with Crippen molar-refractivity contribution in [3.63, 3.8) is 0 Å². The molecule has 30 heavy (non-hydrogen) atoms. The van der Waals surface area contributed by atoms with E-state index < -0.39 is 0 Å². The van der Waals surface area contributed by atoms with Crippen LogP contribution in [0.5, 0.6) is 0 Å². The molecule has 0 radical (unpaired) electrons. The Labute approximate surface area is 176 Å². The van der Waals surface area contributed by atoms with Gasteiger partial charge in [0.2, 0.25) is 5.71 Å². The van der Waals surface area contributed by atoms with Crippen LogP contribution in [0.4, 0.5) is 0 Å². The van der Waals surface area contributed by atoms with E-state index in [1.54, 1.807) is 0 Å². The largest absolute Gasteiger partial charge is 0.437 e. The number of fused-ring (bicyclic) bond motifs is 3. The number of pyridine rings is 2. The van der Waals surface area contributed by atoms with Crippen LogP contribution in [0.1, 0.15) is 31.9 Å². The Kier molecular flexibility index (Phi) is 4.21. The summed E-state index contributed by atoms with van der Waals surface area (Å²) in [5.41, 5.74) is 7.91. The van der Waals surface area contributed by atoms with Crippen molar-refractivity contribution >= 4 is 22.1 Å². The lowest BCUT2D eigenvalue weighted by Crippen LogP contribution is -2.11. The highest BCUT2D eigenvalue weighted by Crippen LogP contribution is 2.38. The Hall–Kier alpha value is -3.46. The molecule has 3 heterocycles. The van der Waals surface area contributed by atoms with E-state index in [0.29, 0.717) is 5.71 Å². The average Bonchev–Trinajstić information content (AvgIpc) is 3.13. The molecule has 0 atom stereocenters. The van der Waals surface area contributed by atoms with E-state index >= 15 is 0 Å². The van der Waals surface area contributed by atoms with Crippen LogP contribution in [0.2, 0.25) is 0 Å². The van der Waals surface area contributed by atoms with Gasteiger partial charge in [-0.25, -0.2) is 4.98 Å². The summed E-state index contributed by atoms with van der Waals surface area (Å²) in [6.07, 6.45) is 1.88. The predicted molar refractivity (Wildman–Crippen MR) is 124 cm³/mol. The molecule has 148 valence electrons. The monoisotopic (exact) mass is 392 g/mol. The molecule has 0 fully saturated rings. The first-order valence-corrected chi connectivity index (χ1v) is 10.3. The number of aryl methyl sites for hydroxylation is 1. The molecule has 3 nitrogen and oxygen atoms in total. The van der Waals surface area contributed by atoms with Crippen LogP contribution in [0.3, 0.4) is 0 Å². The van der Waals surface area contributed by atoms with Gasteiger partial charge in [-0.15, -0.1) is 0 Å². The average molecular weight is 393 g/mol. The number of nitrogens with zero attached hydrogens (tertiary/aromatic N) is 2. The summed E-state index contributed by atoms with van der Waals surface area (Å²) in [5.74, 6) is 0. The number of hydrogen-bond acceptors (Lipinski definition) is 3. The highest BCUT2D eigenvalue weighted by atomic mass is 16.3. The van der Waals surface area contributed by atoms with Crippen molar-refractivity contribution in [1.29, 1.82) is 0 Å². The molecule has 0 saturated carbocycles. The summed E-state index contributed by atoms with van der Waals surface area (Å²) >= 11 is 0. The molecule has 0 bridgehead atoms. The Morgan fingerprint density at radius 1 is 0.833 bits per heavy atom. The SMILES string of the molecule is Cc1ccc(-c2cc(C(C)(C)C)ccn2)c2oc3nc(-c4ccccc4)ccc3c12. The molecule has 0 N–H and O–H groups in total. The zero-order valence-corrected chi connectivity index (χ0v) is 17.7. The fourth-order valence-electron chi connectivity index (χ4n) is 3.94. The quantitative estimate of drug-likeness (QED) is 0.316. The molecule has 0 aliphatic rings. The number of aromatic nitrogens is 2. The lowest BCUT2D eigenvalue weighted by molar-refractivity contribution is 0.589. The number of rotatable bonds is 2. The standard InChI is InChI=1S/C27H24N2O/c1-17-10-11-20(23-16-19(14-15-28-23)27(2,3)4)25-24(17)21-12-13-22(29-26(21)30-25)18-8-6-5-7-9-18/h5-16H,1-4H3. The Morgan fingerprint density at radius 2 is 1.63 bits per heavy atom. The van der Waals surface area contributed by atoms with Gasteiger partial charge in [0.05, 0.1) is 11.4 Å². The highest BCUT2D eigenvalue weighted by molar-refractivity contribution is 6.10. The van der Waals surface area contributed by atoms with Gasteiger partial charge in [0.1, 0.15) is 5.58 Å². The molecular weight excluding hydrogens is 368 g/mol. The third-order valence-corrected chi connectivity index (χ3v) is 5.67. The second-order valence-electron chi connectivity index (χ2n) is 8.83. The summed E-state index contributed by atoms with van der Waals surface area (Å²) in [6.45, 7) is 8.76. The number of furan rings is 1. The fraction of sp³-hybridized carbons (Fsp3) is 0.185. The van der Waals surface area contributed by atoms with Crippen molar-refractivity contribution in [3.05, 3.63) is 84.1 Å². The maximum absolute atomic E-state index is 6.36. The Balaban J connectivity index is 1.74. The summed E-state index contributed by atoms with van der Waals surface area (Å²) in [4.78, 5) is 9.49. The molecule has 3 aromatic heterocycles. The van der Waals surface area contributed by atoms with E-state index in [0.717, 1.165) is 38.9 Å². The molecule has 5 aromatic rings. The maximum Gasteiger partial charge on any atom is 0.227 e. The van der Waals surface area contributed by atoms with Gasteiger partial charge in [-0.05, 0) is 53.8 Å². The lowest BCUT2D eigenvalue weighted by atomic mass is 9.87. The minimum atomic E-state index is 0.0571. The van der Waals surface area contributed by atoms with Crippen LogP contribution in [-0.4, -0.2) is 9.97 Å². The van der Waals surface area contributed by atoms with Gasteiger partial charge in [0.25, 0.3) is 0 Å². The van der Waals surface area contributed by atoms with Crippen molar-refractivity contribution < 1.29 is 4.42 Å². The van der Waals surface area contributed by atoms with Crippen LogP contribution in [0.25, 0.3) is 44.6 Å². The molecule has 0 unspecified atom stereocenters. The maximum atomic E-state index is 6.36. The topological polar surface area (TPSA) is 38.9 Å². The van der Waals surface area contributed by atoms with E-state index in [-0.39, 0.29) is 5.41 Å². The van der Waals surface area contributed by atoms with E-state index in [1.807, 2.05) is 24.4 Å². The van der Waals surface area contributed by atoms with Crippen molar-refractivity contribution in [1.82, 2.24) is 9.97 Å². The van der Waals surface area contributed by atoms with Crippen LogP contribution in [0.15, 0.2) is 77.3 Å². The second-order valence-corrected chi connectivity index (χ2v) is 8.83. The van der Waals surface area contributed by atoms with Gasteiger partial charge in [-0.1, -0.05) is 57.2 Å². The minimum Gasteiger partial charge on any atom is -0.437 e. The Bertz CT molecular complexity index is 1380. The van der Waals surface area contributed by atoms with Crippen molar-refractivity contribution in [2.45, 2.75) is 33.1 Å². The van der Waals surface area contributed by atoms with Gasteiger partial charge in [0.15, 0.2) is 0 Å². The van der Waals surface area contributed by atoms with Crippen LogP contribution in [-0.2, 0) is 5.41 Å². The van der Waals surface area contributed by atoms with Crippen LogP contribution >= 0.6 is 0 Å². The molecular formula is C27H24N2O. The molecule has 2 aromatic carbocycles. The van der Waals surface area contributed by atoms with Crippen molar-refractivity contribution in [3.8, 4) is 22.5 Å². The summed E-state index contributed by atoms with van der Waals surface area (Å²) in [7, 11) is 0. The zero-order chi connectivity index (χ0) is 20.9. The van der Waals surface area contributed by atoms with Crippen LogP contribution < -0.4 is 0 Å². The van der Waals surface area contributed by atoms with Gasteiger partial charge in [-0.3, -0.25) is 4.98 Å². The van der Waals surface area contributed by atoms with Crippen molar-refractivity contribution in [2.75, 3.05) is 0 Å². The first-order valence-electron chi connectivity index (χ1n) is 10.3. The summed E-state index contributed by atoms with van der Waals surface area (Å²) in [6, 6.07) is 22.9. The van der Waals surface area contributed by atoms with Gasteiger partial charge >= 0.3 is 0 Å². The van der Waals surface area contributed by atoms with Crippen LogP contribution in [0, 0.1) is 6.92 Å². The summed E-state index contributed by atoms with van der Waals surface area (Å²) in [5, 5.41) is 2.15. The second kappa shape index (κ2) is 6.81. The first-order chi connectivity index (χ1) is 14.4. The van der Waals surface area contributed by atoms with E-state index in [2.05, 4.69) is 81.2 Å². The smallest absolute Gasteiger partial charge is 0.227 e. The number of hydrogen-bond donors (Lipinski definition) is 0. The molecule has 3 heteroatoms. The fourth-order valence-corrected chi connectivity index (χ4v) is 3.94. The molecule has 0 spiro atoms. The van der Waals surface area contributed by atoms with E-state index in [1.165, 1.54) is 11.1 Å². The predicted octanol–water partition coefficient (Wildman–Crippen LogP) is 7.32. The molecule has 0 saturated heterocycles. The van der Waals surface area contributed by atoms with Crippen molar-refractivity contribution in [2.24, 2.45) is 0 Å². The van der Waals surface area contributed by atoms with E-state index in [4.69, 9.17) is 9.40 Å². The van der Waals surface area contributed by atoms with Gasteiger partial charge in [-0.2, -0.15) is 0 Å². The lowest BCUT2D eigenvalue weighted by Gasteiger charge is -2.19. The molecule has 5 rings (SSSR count). The first kappa shape index (κ1) is 18.6. The van der Waals surface area contributed by atoms with Gasteiger partial charge < -0.3 is 4.42 Å². The molecule has 0 amide bonds. The highest BCUT2D eigenvalue weighted by Gasteiger charge is 2.19. The third kappa shape index (κ3) is 3.07. The Morgan fingerprint density at radius 3 is 2.40 bits per heavy atom. The zero-order valence-electron chi connectivity index (χ0n) is 17.7. The number of benzene rings is 2. The third-order valence-electron chi connectivity index (χ3n) is 5.67. The minimum absolute atomic E-state index is 0.0571.